The zero-order valence-corrected chi connectivity index (χ0v) is 20.0. The Kier molecular flexibility index (Phi) is 6.49. The average molecular weight is 470 g/mol. The van der Waals surface area contributed by atoms with Crippen LogP contribution in [-0.4, -0.2) is 65.2 Å². The van der Waals surface area contributed by atoms with Crippen LogP contribution in [0.3, 0.4) is 0 Å². The minimum atomic E-state index is -1.09. The molecule has 1 unspecified atom stereocenters. The van der Waals surface area contributed by atoms with E-state index in [9.17, 15) is 14.4 Å². The molecule has 1 atom stereocenters. The highest BCUT2D eigenvalue weighted by molar-refractivity contribution is 6.01. The summed E-state index contributed by atoms with van der Waals surface area (Å²) in [5, 5.41) is 10.3. The van der Waals surface area contributed by atoms with Crippen LogP contribution >= 0.6 is 0 Å². The van der Waals surface area contributed by atoms with Crippen LogP contribution in [0.1, 0.15) is 59.1 Å². The molecule has 0 saturated heterocycles. The van der Waals surface area contributed by atoms with Gasteiger partial charge in [0.1, 0.15) is 22.7 Å². The van der Waals surface area contributed by atoms with Crippen molar-refractivity contribution in [3.8, 4) is 11.5 Å². The number of ether oxygens (including phenoxy) is 2. The van der Waals surface area contributed by atoms with Gasteiger partial charge in [0, 0.05) is 37.3 Å². The van der Waals surface area contributed by atoms with Crippen LogP contribution in [-0.2, 0) is 17.9 Å². The van der Waals surface area contributed by atoms with E-state index in [1.54, 1.807) is 40.3 Å². The van der Waals surface area contributed by atoms with Crippen LogP contribution < -0.4 is 20.1 Å². The van der Waals surface area contributed by atoms with Crippen LogP contribution in [0.4, 0.5) is 0 Å². The van der Waals surface area contributed by atoms with E-state index >= 15 is 0 Å². The number of hydrogen-bond donors (Lipinski definition) is 2. The first-order chi connectivity index (χ1) is 16.3. The first-order valence-electron chi connectivity index (χ1n) is 11.4. The van der Waals surface area contributed by atoms with Gasteiger partial charge in [0.25, 0.3) is 11.8 Å². The summed E-state index contributed by atoms with van der Waals surface area (Å²) in [6.45, 7) is 2.11. The molecular weight excluding hydrogens is 438 g/mol. The van der Waals surface area contributed by atoms with Crippen LogP contribution in [0.5, 0.6) is 11.5 Å². The van der Waals surface area contributed by atoms with E-state index < -0.39 is 11.4 Å². The van der Waals surface area contributed by atoms with Gasteiger partial charge in [0.15, 0.2) is 5.69 Å². The quantitative estimate of drug-likeness (QED) is 0.638. The summed E-state index contributed by atoms with van der Waals surface area (Å²) in [7, 11) is 4.73. The lowest BCUT2D eigenvalue weighted by Gasteiger charge is -2.41. The zero-order valence-electron chi connectivity index (χ0n) is 20.0. The fourth-order valence-electron chi connectivity index (χ4n) is 4.51. The maximum absolute atomic E-state index is 13.1. The molecule has 182 valence electrons. The summed E-state index contributed by atoms with van der Waals surface area (Å²) in [6.07, 6.45) is 4.10. The SMILES string of the molecule is COc1ccc(CNC(=O)c2cc3n(n2)CC(C)(C(=O)NC2CCCC2)N(C)C3=O)c(OC)c1. The Morgan fingerprint density at radius 1 is 1.18 bits per heavy atom. The van der Waals surface area contributed by atoms with Crippen molar-refractivity contribution < 1.29 is 23.9 Å². The Balaban J connectivity index is 1.48. The first-order valence-corrected chi connectivity index (χ1v) is 11.4. The van der Waals surface area contributed by atoms with Gasteiger partial charge in [0.05, 0.1) is 20.8 Å². The van der Waals surface area contributed by atoms with Crippen LogP contribution in [0, 0.1) is 0 Å². The third kappa shape index (κ3) is 4.32. The Morgan fingerprint density at radius 3 is 2.59 bits per heavy atom. The molecule has 10 heteroatoms. The molecule has 34 heavy (non-hydrogen) atoms. The van der Waals surface area contributed by atoms with E-state index in [4.69, 9.17) is 9.47 Å². The van der Waals surface area contributed by atoms with Crippen molar-refractivity contribution in [2.75, 3.05) is 21.3 Å². The lowest BCUT2D eigenvalue weighted by molar-refractivity contribution is -0.133. The van der Waals surface area contributed by atoms with Crippen molar-refractivity contribution in [2.45, 2.75) is 57.3 Å². The second kappa shape index (κ2) is 9.36. The highest BCUT2D eigenvalue weighted by atomic mass is 16.5. The molecule has 1 saturated carbocycles. The number of aromatic nitrogens is 2. The molecule has 3 amide bonds. The molecule has 4 rings (SSSR count). The molecule has 1 aliphatic carbocycles. The highest BCUT2D eigenvalue weighted by Crippen LogP contribution is 2.28. The maximum atomic E-state index is 13.1. The maximum Gasteiger partial charge on any atom is 0.272 e. The summed E-state index contributed by atoms with van der Waals surface area (Å²) in [4.78, 5) is 40.4. The third-order valence-corrected chi connectivity index (χ3v) is 6.85. The van der Waals surface area contributed by atoms with E-state index in [2.05, 4.69) is 15.7 Å². The Morgan fingerprint density at radius 2 is 1.91 bits per heavy atom. The number of hydrogen-bond acceptors (Lipinski definition) is 6. The number of carbonyl (C=O) groups excluding carboxylic acids is 3. The Bertz CT molecular complexity index is 1110. The average Bonchev–Trinajstić information content (AvgIpc) is 3.51. The lowest BCUT2D eigenvalue weighted by Crippen LogP contribution is -2.63. The van der Waals surface area contributed by atoms with Gasteiger partial charge in [-0.2, -0.15) is 5.10 Å². The van der Waals surface area contributed by atoms with Gasteiger partial charge in [-0.05, 0) is 31.9 Å². The number of amides is 3. The topological polar surface area (TPSA) is 115 Å². The molecule has 2 aliphatic rings. The highest BCUT2D eigenvalue weighted by Gasteiger charge is 2.46. The molecule has 2 aromatic rings. The molecule has 1 aliphatic heterocycles. The first kappa shape index (κ1) is 23.6. The van der Waals surface area contributed by atoms with Gasteiger partial charge < -0.3 is 25.0 Å². The summed E-state index contributed by atoms with van der Waals surface area (Å²) in [5.41, 5.74) is 0.0706. The third-order valence-electron chi connectivity index (χ3n) is 6.85. The fourth-order valence-corrected chi connectivity index (χ4v) is 4.51. The lowest BCUT2D eigenvalue weighted by atomic mass is 9.95. The number of rotatable bonds is 7. The molecule has 10 nitrogen and oxygen atoms in total. The molecular formula is C24H31N5O5. The monoisotopic (exact) mass is 469 g/mol. The van der Waals surface area contributed by atoms with Crippen molar-refractivity contribution in [1.29, 1.82) is 0 Å². The largest absolute Gasteiger partial charge is 0.497 e. The predicted molar refractivity (Wildman–Crippen MR) is 124 cm³/mol. The van der Waals surface area contributed by atoms with Crippen molar-refractivity contribution in [3.05, 3.63) is 41.2 Å². The summed E-state index contributed by atoms with van der Waals surface area (Å²) in [5.74, 6) is 0.265. The second-order valence-electron chi connectivity index (χ2n) is 9.03. The van der Waals surface area contributed by atoms with Crippen LogP contribution in [0.15, 0.2) is 24.3 Å². The van der Waals surface area contributed by atoms with Crippen molar-refractivity contribution in [1.82, 2.24) is 25.3 Å². The Labute approximate surface area is 198 Å². The second-order valence-corrected chi connectivity index (χ2v) is 9.03. The molecule has 1 aromatic carbocycles. The van der Waals surface area contributed by atoms with Gasteiger partial charge >= 0.3 is 0 Å². The molecule has 0 radical (unpaired) electrons. The number of benzene rings is 1. The van der Waals surface area contributed by atoms with Crippen LogP contribution in [0.2, 0.25) is 0 Å². The predicted octanol–water partition coefficient (Wildman–Crippen LogP) is 1.73. The molecule has 0 bridgehead atoms. The molecule has 2 N–H and O–H groups in total. The molecule has 0 spiro atoms. The number of nitrogens with one attached hydrogen (secondary N) is 2. The fraction of sp³-hybridized carbons (Fsp3) is 0.500. The van der Waals surface area contributed by atoms with Gasteiger partial charge in [-0.1, -0.05) is 12.8 Å². The van der Waals surface area contributed by atoms with Crippen molar-refractivity contribution in [3.63, 3.8) is 0 Å². The van der Waals surface area contributed by atoms with Crippen LogP contribution in [0.25, 0.3) is 0 Å². The zero-order chi connectivity index (χ0) is 24.5. The van der Waals surface area contributed by atoms with E-state index in [0.717, 1.165) is 31.2 Å². The van der Waals surface area contributed by atoms with Gasteiger partial charge in [-0.25, -0.2) is 0 Å². The van der Waals surface area contributed by atoms with Crippen molar-refractivity contribution in [2.24, 2.45) is 0 Å². The van der Waals surface area contributed by atoms with E-state index in [1.807, 2.05) is 6.07 Å². The molecule has 2 heterocycles. The standard InChI is InChI=1S/C24H31N5O5/c1-24(23(32)26-16-7-5-6-8-16)14-29-19(22(31)28(24)2)12-18(27-29)21(30)25-13-15-9-10-17(33-3)11-20(15)34-4/h9-12,16H,5-8,13-14H2,1-4H3,(H,25,30)(H,26,32). The number of methoxy groups -OCH3 is 2. The van der Waals surface area contributed by atoms with Crippen molar-refractivity contribution >= 4 is 17.7 Å². The van der Waals surface area contributed by atoms with Gasteiger partial charge in [-0.15, -0.1) is 0 Å². The van der Waals surface area contributed by atoms with E-state index in [-0.39, 0.29) is 42.3 Å². The van der Waals surface area contributed by atoms with Gasteiger partial charge in [0.2, 0.25) is 5.91 Å². The smallest absolute Gasteiger partial charge is 0.272 e. The number of nitrogens with zero attached hydrogens (tertiary/aromatic N) is 3. The number of fused-ring (bicyclic) bond motifs is 1. The Hall–Kier alpha value is -3.56. The minimum Gasteiger partial charge on any atom is -0.497 e. The normalized spacial score (nSPS) is 20.1. The van der Waals surface area contributed by atoms with Gasteiger partial charge in [-0.3, -0.25) is 19.1 Å². The summed E-state index contributed by atoms with van der Waals surface area (Å²) >= 11 is 0. The summed E-state index contributed by atoms with van der Waals surface area (Å²) < 4.78 is 12.0. The molecule has 1 fully saturated rings. The van der Waals surface area contributed by atoms with E-state index in [0.29, 0.717) is 11.5 Å². The summed E-state index contributed by atoms with van der Waals surface area (Å²) in [6, 6.07) is 6.94. The number of carbonyl (C=O) groups is 3. The number of likely N-dealkylation sites (N-methyl/N-ethyl adjacent to an activating group) is 1. The van der Waals surface area contributed by atoms with E-state index in [1.165, 1.54) is 15.6 Å². The minimum absolute atomic E-state index is 0.115. The molecule has 1 aromatic heterocycles.